The molecule has 0 aromatic rings. The maximum Gasteiger partial charge on any atom is 0.0710 e. The van der Waals surface area contributed by atoms with Gasteiger partial charge < -0.3 is 10.1 Å². The molecule has 2 atom stereocenters. The molecule has 2 heteroatoms. The van der Waals surface area contributed by atoms with Gasteiger partial charge in [-0.25, -0.2) is 0 Å². The minimum Gasteiger partial charge on any atom is -0.380 e. The second-order valence-electron chi connectivity index (χ2n) is 3.83. The molecular weight excluding hydrogens is 138 g/mol. The molecule has 1 fully saturated rings. The van der Waals surface area contributed by atoms with Crippen LogP contribution in [0.5, 0.6) is 0 Å². The number of methoxy groups -OCH3 is 1. The highest BCUT2D eigenvalue weighted by Gasteiger charge is 2.23. The predicted molar refractivity (Wildman–Crippen MR) is 46.7 cm³/mol. The Morgan fingerprint density at radius 3 is 2.73 bits per heavy atom. The van der Waals surface area contributed by atoms with Crippen LogP contribution in [-0.2, 0) is 4.74 Å². The summed E-state index contributed by atoms with van der Waals surface area (Å²) >= 11 is 0. The van der Waals surface area contributed by atoms with Crippen LogP contribution in [-0.4, -0.2) is 25.8 Å². The van der Waals surface area contributed by atoms with Crippen LogP contribution in [0.4, 0.5) is 0 Å². The second-order valence-corrected chi connectivity index (χ2v) is 3.83. The standard InChI is InChI=1S/C9H19NO/c1-7(2)4-8-5-9(11-3)6-10-8/h7-10H,4-6H2,1-3H3/t8-,9-/m1/s1. The summed E-state index contributed by atoms with van der Waals surface area (Å²) in [5.41, 5.74) is 0. The summed E-state index contributed by atoms with van der Waals surface area (Å²) in [7, 11) is 1.80. The molecule has 1 aliphatic heterocycles. The Hall–Kier alpha value is -0.0800. The van der Waals surface area contributed by atoms with Gasteiger partial charge in [0.05, 0.1) is 6.10 Å². The highest BCUT2D eigenvalue weighted by Crippen LogP contribution is 2.16. The van der Waals surface area contributed by atoms with Crippen molar-refractivity contribution in [3.05, 3.63) is 0 Å². The molecule has 1 N–H and O–H groups in total. The molecule has 0 aromatic carbocycles. The Balaban J connectivity index is 2.19. The van der Waals surface area contributed by atoms with Gasteiger partial charge in [0, 0.05) is 19.7 Å². The van der Waals surface area contributed by atoms with Crippen LogP contribution in [0.25, 0.3) is 0 Å². The fraction of sp³-hybridized carbons (Fsp3) is 1.00. The number of ether oxygens (including phenoxy) is 1. The van der Waals surface area contributed by atoms with Gasteiger partial charge >= 0.3 is 0 Å². The van der Waals surface area contributed by atoms with Crippen LogP contribution < -0.4 is 5.32 Å². The van der Waals surface area contributed by atoms with Gasteiger partial charge in [0.15, 0.2) is 0 Å². The fourth-order valence-corrected chi connectivity index (χ4v) is 1.71. The van der Waals surface area contributed by atoms with Gasteiger partial charge in [-0.3, -0.25) is 0 Å². The smallest absolute Gasteiger partial charge is 0.0710 e. The summed E-state index contributed by atoms with van der Waals surface area (Å²) in [6, 6.07) is 0.694. The van der Waals surface area contributed by atoms with Gasteiger partial charge in [-0.1, -0.05) is 13.8 Å². The Bertz CT molecular complexity index is 114. The van der Waals surface area contributed by atoms with Gasteiger partial charge in [0.2, 0.25) is 0 Å². The molecule has 0 aromatic heterocycles. The zero-order chi connectivity index (χ0) is 8.27. The van der Waals surface area contributed by atoms with Gasteiger partial charge in [0.25, 0.3) is 0 Å². The van der Waals surface area contributed by atoms with Crippen molar-refractivity contribution < 1.29 is 4.74 Å². The van der Waals surface area contributed by atoms with E-state index in [1.54, 1.807) is 7.11 Å². The quantitative estimate of drug-likeness (QED) is 0.669. The van der Waals surface area contributed by atoms with Crippen LogP contribution in [0.3, 0.4) is 0 Å². The molecule has 1 heterocycles. The number of hydrogen-bond donors (Lipinski definition) is 1. The predicted octanol–water partition coefficient (Wildman–Crippen LogP) is 1.41. The van der Waals surface area contributed by atoms with Crippen molar-refractivity contribution in [3.8, 4) is 0 Å². The van der Waals surface area contributed by atoms with Crippen LogP contribution in [0.2, 0.25) is 0 Å². The maximum absolute atomic E-state index is 5.26. The summed E-state index contributed by atoms with van der Waals surface area (Å²) in [4.78, 5) is 0. The van der Waals surface area contributed by atoms with Crippen molar-refractivity contribution in [2.45, 2.75) is 38.8 Å². The largest absolute Gasteiger partial charge is 0.380 e. The zero-order valence-electron chi connectivity index (χ0n) is 7.76. The normalized spacial score (nSPS) is 31.6. The van der Waals surface area contributed by atoms with Gasteiger partial charge in [-0.2, -0.15) is 0 Å². The first-order valence-electron chi connectivity index (χ1n) is 4.48. The summed E-state index contributed by atoms with van der Waals surface area (Å²) in [5, 5.41) is 3.46. The molecule has 0 saturated carbocycles. The first kappa shape index (κ1) is 9.01. The summed E-state index contributed by atoms with van der Waals surface area (Å²) in [6.07, 6.45) is 2.92. The van der Waals surface area contributed by atoms with E-state index in [1.807, 2.05) is 0 Å². The van der Waals surface area contributed by atoms with E-state index in [0.29, 0.717) is 12.1 Å². The van der Waals surface area contributed by atoms with Crippen LogP contribution in [0.1, 0.15) is 26.7 Å². The van der Waals surface area contributed by atoms with Gasteiger partial charge in [-0.15, -0.1) is 0 Å². The van der Waals surface area contributed by atoms with Crippen molar-refractivity contribution in [1.29, 1.82) is 0 Å². The highest BCUT2D eigenvalue weighted by atomic mass is 16.5. The summed E-state index contributed by atoms with van der Waals surface area (Å²) in [6.45, 7) is 5.57. The molecule has 0 amide bonds. The van der Waals surface area contributed by atoms with E-state index in [0.717, 1.165) is 12.5 Å². The van der Waals surface area contributed by atoms with Gasteiger partial charge in [0.1, 0.15) is 0 Å². The third-order valence-corrected chi connectivity index (χ3v) is 2.27. The van der Waals surface area contributed by atoms with Crippen molar-refractivity contribution >= 4 is 0 Å². The molecule has 1 saturated heterocycles. The minimum absolute atomic E-state index is 0.457. The second kappa shape index (κ2) is 4.07. The molecule has 0 spiro atoms. The molecule has 0 aliphatic carbocycles. The van der Waals surface area contributed by atoms with E-state index in [4.69, 9.17) is 4.74 Å². The first-order valence-corrected chi connectivity index (χ1v) is 4.48. The molecule has 0 unspecified atom stereocenters. The zero-order valence-corrected chi connectivity index (χ0v) is 7.76. The van der Waals surface area contributed by atoms with E-state index in [-0.39, 0.29) is 0 Å². The van der Waals surface area contributed by atoms with Crippen LogP contribution >= 0.6 is 0 Å². The van der Waals surface area contributed by atoms with Crippen LogP contribution in [0.15, 0.2) is 0 Å². The Kier molecular flexibility index (Phi) is 3.34. The number of nitrogens with one attached hydrogen (secondary N) is 1. The van der Waals surface area contributed by atoms with E-state index >= 15 is 0 Å². The molecule has 1 aliphatic rings. The van der Waals surface area contributed by atoms with E-state index in [1.165, 1.54) is 12.8 Å². The van der Waals surface area contributed by atoms with Crippen molar-refractivity contribution in [2.24, 2.45) is 5.92 Å². The molecule has 66 valence electrons. The number of hydrogen-bond acceptors (Lipinski definition) is 2. The van der Waals surface area contributed by atoms with E-state index < -0.39 is 0 Å². The average Bonchev–Trinajstić information content (AvgIpc) is 2.34. The molecule has 0 radical (unpaired) electrons. The minimum atomic E-state index is 0.457. The summed E-state index contributed by atoms with van der Waals surface area (Å²) in [5.74, 6) is 0.795. The Morgan fingerprint density at radius 2 is 2.27 bits per heavy atom. The number of rotatable bonds is 3. The lowest BCUT2D eigenvalue weighted by Gasteiger charge is -2.12. The molecule has 0 bridgehead atoms. The van der Waals surface area contributed by atoms with E-state index in [9.17, 15) is 0 Å². The molecule has 1 rings (SSSR count). The fourth-order valence-electron chi connectivity index (χ4n) is 1.71. The third kappa shape index (κ3) is 2.80. The van der Waals surface area contributed by atoms with Crippen LogP contribution in [0, 0.1) is 5.92 Å². The van der Waals surface area contributed by atoms with Crippen molar-refractivity contribution in [2.75, 3.05) is 13.7 Å². The Morgan fingerprint density at radius 1 is 1.55 bits per heavy atom. The van der Waals surface area contributed by atoms with Gasteiger partial charge in [-0.05, 0) is 18.8 Å². The Labute approximate surface area is 69.3 Å². The lowest BCUT2D eigenvalue weighted by Crippen LogP contribution is -2.23. The molecule has 2 nitrogen and oxygen atoms in total. The topological polar surface area (TPSA) is 21.3 Å². The van der Waals surface area contributed by atoms with Crippen molar-refractivity contribution in [1.82, 2.24) is 5.32 Å². The lowest BCUT2D eigenvalue weighted by molar-refractivity contribution is 0.117. The average molecular weight is 157 g/mol. The highest BCUT2D eigenvalue weighted by molar-refractivity contribution is 4.82. The SMILES string of the molecule is CO[C@H]1CN[C@H](CC(C)C)C1. The monoisotopic (exact) mass is 157 g/mol. The van der Waals surface area contributed by atoms with E-state index in [2.05, 4.69) is 19.2 Å². The first-order chi connectivity index (χ1) is 5.22. The van der Waals surface area contributed by atoms with Crippen molar-refractivity contribution in [3.63, 3.8) is 0 Å². The third-order valence-electron chi connectivity index (χ3n) is 2.27. The molecule has 11 heavy (non-hydrogen) atoms. The maximum atomic E-state index is 5.26. The lowest BCUT2D eigenvalue weighted by atomic mass is 10.0. The summed E-state index contributed by atoms with van der Waals surface area (Å²) < 4.78 is 5.26. The molecular formula is C9H19NO.